The number of carbonyl (C=O) groups is 1. The summed E-state index contributed by atoms with van der Waals surface area (Å²) in [7, 11) is 0. The van der Waals surface area contributed by atoms with Crippen LogP contribution in [0.1, 0.15) is 5.69 Å². The topological polar surface area (TPSA) is 111 Å². The quantitative estimate of drug-likeness (QED) is 0.287. The number of ether oxygens (including phenoxy) is 1. The molecule has 0 radical (unpaired) electrons. The summed E-state index contributed by atoms with van der Waals surface area (Å²) in [5.41, 5.74) is 5.34. The molecule has 2 saturated heterocycles. The Morgan fingerprint density at radius 3 is 2.69 bits per heavy atom. The first-order valence-corrected chi connectivity index (χ1v) is 13.3. The van der Waals surface area contributed by atoms with Gasteiger partial charge >= 0.3 is 0 Å². The molecule has 2 aliphatic rings. The lowest BCUT2D eigenvalue weighted by molar-refractivity contribution is -0.115. The van der Waals surface area contributed by atoms with Gasteiger partial charge in [0.2, 0.25) is 5.91 Å². The zero-order valence-corrected chi connectivity index (χ0v) is 21.8. The number of aromatic amines is 1. The lowest BCUT2D eigenvalue weighted by Gasteiger charge is -2.41. The van der Waals surface area contributed by atoms with Crippen LogP contribution in [0.25, 0.3) is 22.3 Å². The predicted molar refractivity (Wildman–Crippen MR) is 153 cm³/mol. The molecule has 4 aromatic rings. The van der Waals surface area contributed by atoms with Crippen molar-refractivity contribution >= 4 is 34.1 Å². The molecule has 2 fully saturated rings. The fraction of sp³-hybridized carbons (Fsp3) is 0.310. The SMILES string of the molecule is C=CCNC1CN(c2ccnc(CC(=O)Nc3ccc(-c4cc5c(N6CCOCC6)ncnc5[nH]4)cc3)c2)C1. The number of carbonyl (C=O) groups excluding carboxylic acids is 1. The smallest absolute Gasteiger partial charge is 0.230 e. The van der Waals surface area contributed by atoms with Crippen molar-refractivity contribution in [1.82, 2.24) is 25.3 Å². The van der Waals surface area contributed by atoms with E-state index in [-0.39, 0.29) is 12.3 Å². The summed E-state index contributed by atoms with van der Waals surface area (Å²) >= 11 is 0. The zero-order valence-electron chi connectivity index (χ0n) is 21.8. The minimum atomic E-state index is -0.0995. The molecule has 1 aromatic carbocycles. The van der Waals surface area contributed by atoms with E-state index in [2.05, 4.69) is 53.0 Å². The number of nitrogens with one attached hydrogen (secondary N) is 3. The summed E-state index contributed by atoms with van der Waals surface area (Å²) in [6.45, 7) is 9.46. The fourth-order valence-corrected chi connectivity index (χ4v) is 5.04. The number of H-pyrrole nitrogens is 1. The summed E-state index contributed by atoms with van der Waals surface area (Å²) in [4.78, 5) is 34.0. The molecule has 10 nitrogen and oxygen atoms in total. The highest BCUT2D eigenvalue weighted by molar-refractivity contribution is 5.94. The largest absolute Gasteiger partial charge is 0.378 e. The number of nitrogens with zero attached hydrogens (tertiary/aromatic N) is 5. The Bertz CT molecular complexity index is 1460. The number of fused-ring (bicyclic) bond motifs is 1. The average molecular weight is 525 g/mol. The Morgan fingerprint density at radius 1 is 1.08 bits per heavy atom. The van der Waals surface area contributed by atoms with Crippen LogP contribution in [0.15, 0.2) is 67.6 Å². The van der Waals surface area contributed by atoms with Gasteiger partial charge in [0.15, 0.2) is 0 Å². The van der Waals surface area contributed by atoms with E-state index in [0.717, 1.165) is 77.9 Å². The minimum absolute atomic E-state index is 0.0995. The molecule has 6 rings (SSSR count). The molecule has 10 heteroatoms. The monoisotopic (exact) mass is 524 g/mol. The van der Waals surface area contributed by atoms with Crippen LogP contribution in [0, 0.1) is 0 Å². The van der Waals surface area contributed by atoms with Crippen molar-refractivity contribution in [2.45, 2.75) is 12.5 Å². The zero-order chi connectivity index (χ0) is 26.6. The first-order chi connectivity index (χ1) is 19.2. The first kappa shape index (κ1) is 25.0. The van der Waals surface area contributed by atoms with Gasteiger partial charge in [-0.15, -0.1) is 6.58 Å². The molecule has 0 spiro atoms. The van der Waals surface area contributed by atoms with Gasteiger partial charge in [0.1, 0.15) is 17.8 Å². The standard InChI is InChI=1S/C29H32N8O2/c1-2-8-30-23-17-37(18-23)24-7-9-31-22(14-24)15-27(38)34-21-5-3-20(4-6-21)26-16-25-28(35-26)32-19-33-29(25)36-10-12-39-13-11-36/h2-7,9,14,16,19,23,30H,1,8,10-13,15,17-18H2,(H,34,38)(H,32,33,35). The lowest BCUT2D eigenvalue weighted by atomic mass is 10.1. The van der Waals surface area contributed by atoms with E-state index >= 15 is 0 Å². The number of anilines is 3. The van der Waals surface area contributed by atoms with Crippen LogP contribution >= 0.6 is 0 Å². The number of pyridine rings is 1. The Kier molecular flexibility index (Phi) is 7.20. The molecular formula is C29H32N8O2. The van der Waals surface area contributed by atoms with Gasteiger partial charge in [0, 0.05) is 62.0 Å². The van der Waals surface area contributed by atoms with Gasteiger partial charge in [-0.1, -0.05) is 18.2 Å². The van der Waals surface area contributed by atoms with Gasteiger partial charge < -0.3 is 30.2 Å². The molecule has 5 heterocycles. The summed E-state index contributed by atoms with van der Waals surface area (Å²) in [6, 6.07) is 14.3. The molecule has 0 aliphatic carbocycles. The molecule has 3 aromatic heterocycles. The van der Waals surface area contributed by atoms with Gasteiger partial charge in [0.25, 0.3) is 0 Å². The maximum atomic E-state index is 12.8. The highest BCUT2D eigenvalue weighted by Gasteiger charge is 2.26. The van der Waals surface area contributed by atoms with Crippen LogP contribution in [0.5, 0.6) is 0 Å². The van der Waals surface area contributed by atoms with E-state index in [9.17, 15) is 4.79 Å². The number of morpholine rings is 1. The van der Waals surface area contributed by atoms with Crippen molar-refractivity contribution in [3.8, 4) is 11.3 Å². The molecule has 39 heavy (non-hydrogen) atoms. The fourth-order valence-electron chi connectivity index (χ4n) is 5.04. The van der Waals surface area contributed by atoms with E-state index in [0.29, 0.717) is 19.3 Å². The van der Waals surface area contributed by atoms with Gasteiger partial charge in [-0.25, -0.2) is 9.97 Å². The average Bonchev–Trinajstić information content (AvgIpc) is 3.38. The maximum Gasteiger partial charge on any atom is 0.230 e. The number of benzene rings is 1. The predicted octanol–water partition coefficient (Wildman–Crippen LogP) is 3.00. The summed E-state index contributed by atoms with van der Waals surface area (Å²) in [5, 5.41) is 7.41. The van der Waals surface area contributed by atoms with Gasteiger partial charge in [-0.05, 0) is 35.9 Å². The van der Waals surface area contributed by atoms with Gasteiger partial charge in [-0.2, -0.15) is 0 Å². The first-order valence-electron chi connectivity index (χ1n) is 13.3. The van der Waals surface area contributed by atoms with E-state index in [4.69, 9.17) is 4.74 Å². The van der Waals surface area contributed by atoms with E-state index in [1.807, 2.05) is 42.5 Å². The van der Waals surface area contributed by atoms with Crippen molar-refractivity contribution in [1.29, 1.82) is 0 Å². The van der Waals surface area contributed by atoms with Crippen LogP contribution in [-0.2, 0) is 16.0 Å². The van der Waals surface area contributed by atoms with Crippen LogP contribution in [0.4, 0.5) is 17.2 Å². The summed E-state index contributed by atoms with van der Waals surface area (Å²) in [5.74, 6) is 0.822. The Labute approximate surface area is 227 Å². The summed E-state index contributed by atoms with van der Waals surface area (Å²) in [6.07, 6.45) is 5.45. The van der Waals surface area contributed by atoms with E-state index in [1.165, 1.54) is 0 Å². The number of hydrogen-bond acceptors (Lipinski definition) is 8. The minimum Gasteiger partial charge on any atom is -0.378 e. The van der Waals surface area contributed by atoms with Crippen molar-refractivity contribution in [2.75, 3.05) is 61.1 Å². The Balaban J connectivity index is 1.08. The van der Waals surface area contributed by atoms with E-state index in [1.54, 1.807) is 12.5 Å². The Morgan fingerprint density at radius 2 is 1.90 bits per heavy atom. The van der Waals surface area contributed by atoms with Crippen molar-refractivity contribution in [2.24, 2.45) is 0 Å². The number of amides is 1. The lowest BCUT2D eigenvalue weighted by Crippen LogP contribution is -2.58. The van der Waals surface area contributed by atoms with E-state index < -0.39 is 0 Å². The molecule has 200 valence electrons. The van der Waals surface area contributed by atoms with Crippen LogP contribution < -0.4 is 20.4 Å². The number of hydrogen-bond donors (Lipinski definition) is 3. The highest BCUT2D eigenvalue weighted by atomic mass is 16.5. The molecule has 1 amide bonds. The van der Waals surface area contributed by atoms with Crippen molar-refractivity contribution in [3.05, 3.63) is 73.3 Å². The summed E-state index contributed by atoms with van der Waals surface area (Å²) < 4.78 is 5.48. The van der Waals surface area contributed by atoms with Crippen molar-refractivity contribution < 1.29 is 9.53 Å². The van der Waals surface area contributed by atoms with Crippen LogP contribution in [0.3, 0.4) is 0 Å². The van der Waals surface area contributed by atoms with Crippen LogP contribution in [0.2, 0.25) is 0 Å². The molecule has 0 bridgehead atoms. The maximum absolute atomic E-state index is 12.8. The van der Waals surface area contributed by atoms with Crippen LogP contribution in [-0.4, -0.2) is 77.8 Å². The Hall–Kier alpha value is -4.28. The molecule has 0 saturated carbocycles. The molecule has 0 atom stereocenters. The molecular weight excluding hydrogens is 492 g/mol. The molecule has 2 aliphatic heterocycles. The third-order valence-electron chi connectivity index (χ3n) is 7.13. The molecule has 0 unspecified atom stereocenters. The second kappa shape index (κ2) is 11.2. The number of aromatic nitrogens is 4. The second-order valence-corrected chi connectivity index (χ2v) is 9.85. The highest BCUT2D eigenvalue weighted by Crippen LogP contribution is 2.30. The second-order valence-electron chi connectivity index (χ2n) is 9.85. The molecule has 3 N–H and O–H groups in total. The van der Waals surface area contributed by atoms with Gasteiger partial charge in [0.05, 0.1) is 30.7 Å². The van der Waals surface area contributed by atoms with Crippen molar-refractivity contribution in [3.63, 3.8) is 0 Å². The van der Waals surface area contributed by atoms with Gasteiger partial charge in [-0.3, -0.25) is 9.78 Å². The third kappa shape index (κ3) is 5.62. The number of rotatable bonds is 9. The third-order valence-corrected chi connectivity index (χ3v) is 7.13. The normalized spacial score (nSPS) is 15.8.